The molecule has 2 nitrogen and oxygen atoms in total. The molecule has 0 bridgehead atoms. The monoisotopic (exact) mass is 261 g/mol. The maximum atomic E-state index is 9.14. The van der Waals surface area contributed by atoms with Gasteiger partial charge in [-0.1, -0.05) is 12.1 Å². The van der Waals surface area contributed by atoms with Crippen LogP contribution in [-0.2, 0) is 0 Å². The molecule has 1 heterocycles. The van der Waals surface area contributed by atoms with E-state index < -0.39 is 0 Å². The minimum atomic E-state index is 0.177. The summed E-state index contributed by atoms with van der Waals surface area (Å²) in [5.41, 5.74) is 4.32. The first-order valence-electron chi connectivity index (χ1n) is 7.40. The first-order chi connectivity index (χ1) is 8.95. The van der Waals surface area contributed by atoms with Crippen molar-refractivity contribution >= 4 is 5.69 Å². The van der Waals surface area contributed by atoms with Crippen molar-refractivity contribution in [2.75, 3.05) is 18.1 Å². The molecule has 1 fully saturated rings. The normalized spacial score (nSPS) is 22.6. The van der Waals surface area contributed by atoms with Crippen molar-refractivity contribution in [3.05, 3.63) is 29.3 Å². The van der Waals surface area contributed by atoms with Crippen LogP contribution in [0.4, 0.5) is 5.69 Å². The molecular weight excluding hydrogens is 234 g/mol. The fourth-order valence-corrected chi connectivity index (χ4v) is 3.44. The van der Waals surface area contributed by atoms with Crippen LogP contribution < -0.4 is 4.90 Å². The Balaban J connectivity index is 2.24. The largest absolute Gasteiger partial charge is 0.396 e. The van der Waals surface area contributed by atoms with Crippen LogP contribution in [0.2, 0.25) is 0 Å². The minimum absolute atomic E-state index is 0.177. The molecule has 1 aromatic rings. The SMILES string of the molecule is Cc1cccc(N2CCC(CCO)CC2(C)C)c1C. The molecule has 2 rings (SSSR count). The molecule has 106 valence electrons. The summed E-state index contributed by atoms with van der Waals surface area (Å²) in [7, 11) is 0. The lowest BCUT2D eigenvalue weighted by Gasteiger charge is -2.48. The Morgan fingerprint density at radius 1 is 1.32 bits per heavy atom. The zero-order valence-electron chi connectivity index (χ0n) is 12.7. The van der Waals surface area contributed by atoms with Crippen LogP contribution in [0.5, 0.6) is 0 Å². The van der Waals surface area contributed by atoms with Gasteiger partial charge in [-0.25, -0.2) is 0 Å². The fourth-order valence-electron chi connectivity index (χ4n) is 3.44. The summed E-state index contributed by atoms with van der Waals surface area (Å²) in [4.78, 5) is 2.56. The third-order valence-electron chi connectivity index (χ3n) is 4.68. The summed E-state index contributed by atoms with van der Waals surface area (Å²) in [6, 6.07) is 6.59. The average Bonchev–Trinajstić information content (AvgIpc) is 2.33. The molecule has 19 heavy (non-hydrogen) atoms. The lowest BCUT2D eigenvalue weighted by molar-refractivity contribution is 0.205. The van der Waals surface area contributed by atoms with Crippen molar-refractivity contribution in [1.29, 1.82) is 0 Å². The molecule has 2 heteroatoms. The highest BCUT2D eigenvalue weighted by atomic mass is 16.3. The van der Waals surface area contributed by atoms with Gasteiger partial charge in [0.1, 0.15) is 0 Å². The standard InChI is InChI=1S/C17H27NO/c1-13-6-5-7-16(14(13)2)18-10-8-15(9-11-19)12-17(18,3)4/h5-7,15,19H,8-12H2,1-4H3. The number of benzene rings is 1. The minimum Gasteiger partial charge on any atom is -0.396 e. The molecular formula is C17H27NO. The molecule has 0 saturated carbocycles. The van der Waals surface area contributed by atoms with E-state index in [0.29, 0.717) is 12.5 Å². The zero-order valence-corrected chi connectivity index (χ0v) is 12.7. The lowest BCUT2D eigenvalue weighted by Crippen LogP contribution is -2.50. The quantitative estimate of drug-likeness (QED) is 0.897. The van der Waals surface area contributed by atoms with Crippen LogP contribution in [0.25, 0.3) is 0 Å². The molecule has 1 unspecified atom stereocenters. The second kappa shape index (κ2) is 5.54. The Kier molecular flexibility index (Phi) is 4.19. The highest BCUT2D eigenvalue weighted by Gasteiger charge is 2.35. The smallest absolute Gasteiger partial charge is 0.0433 e. The number of hydrogen-bond donors (Lipinski definition) is 1. The number of aliphatic hydroxyl groups excluding tert-OH is 1. The first-order valence-corrected chi connectivity index (χ1v) is 7.40. The van der Waals surface area contributed by atoms with Gasteiger partial charge in [0.05, 0.1) is 0 Å². The van der Waals surface area contributed by atoms with Crippen LogP contribution in [0, 0.1) is 19.8 Å². The Morgan fingerprint density at radius 3 is 2.68 bits per heavy atom. The van der Waals surface area contributed by atoms with E-state index in [2.05, 4.69) is 50.8 Å². The van der Waals surface area contributed by atoms with Crippen LogP contribution in [0.15, 0.2) is 18.2 Å². The molecule has 1 aromatic carbocycles. The molecule has 1 saturated heterocycles. The van der Waals surface area contributed by atoms with E-state index in [1.807, 2.05) is 0 Å². The van der Waals surface area contributed by atoms with E-state index in [9.17, 15) is 0 Å². The Bertz CT molecular complexity index is 439. The van der Waals surface area contributed by atoms with E-state index in [1.165, 1.54) is 29.7 Å². The molecule has 0 spiro atoms. The summed E-state index contributed by atoms with van der Waals surface area (Å²) < 4.78 is 0. The average molecular weight is 261 g/mol. The predicted molar refractivity (Wildman–Crippen MR) is 81.8 cm³/mol. The number of aryl methyl sites for hydroxylation is 1. The van der Waals surface area contributed by atoms with Gasteiger partial charge < -0.3 is 10.0 Å². The molecule has 0 amide bonds. The fraction of sp³-hybridized carbons (Fsp3) is 0.647. The summed E-state index contributed by atoms with van der Waals surface area (Å²) in [5.74, 6) is 0.668. The number of aliphatic hydroxyl groups is 1. The summed E-state index contributed by atoms with van der Waals surface area (Å²) in [5, 5.41) is 9.14. The highest BCUT2D eigenvalue weighted by molar-refractivity contribution is 5.58. The second-order valence-corrected chi connectivity index (χ2v) is 6.55. The van der Waals surface area contributed by atoms with Gasteiger partial charge in [-0.3, -0.25) is 0 Å². The Morgan fingerprint density at radius 2 is 2.05 bits per heavy atom. The van der Waals surface area contributed by atoms with E-state index in [4.69, 9.17) is 5.11 Å². The summed E-state index contributed by atoms with van der Waals surface area (Å²) in [6.07, 6.45) is 3.31. The molecule has 1 N–H and O–H groups in total. The number of rotatable bonds is 3. The molecule has 1 atom stereocenters. The van der Waals surface area contributed by atoms with Gasteiger partial charge in [0.15, 0.2) is 0 Å². The van der Waals surface area contributed by atoms with Crippen molar-refractivity contribution in [2.24, 2.45) is 5.92 Å². The molecule has 0 aliphatic carbocycles. The third-order valence-corrected chi connectivity index (χ3v) is 4.68. The third kappa shape index (κ3) is 2.94. The van der Waals surface area contributed by atoms with E-state index >= 15 is 0 Å². The Hall–Kier alpha value is -1.02. The van der Waals surface area contributed by atoms with Crippen LogP contribution >= 0.6 is 0 Å². The van der Waals surface area contributed by atoms with Crippen molar-refractivity contribution in [3.63, 3.8) is 0 Å². The highest BCUT2D eigenvalue weighted by Crippen LogP contribution is 2.38. The Labute approximate surface area is 117 Å². The van der Waals surface area contributed by atoms with Gasteiger partial charge in [0, 0.05) is 24.4 Å². The van der Waals surface area contributed by atoms with Crippen molar-refractivity contribution in [2.45, 2.75) is 52.5 Å². The maximum Gasteiger partial charge on any atom is 0.0433 e. The van der Waals surface area contributed by atoms with Crippen molar-refractivity contribution in [1.82, 2.24) is 0 Å². The number of nitrogens with zero attached hydrogens (tertiary/aromatic N) is 1. The summed E-state index contributed by atoms with van der Waals surface area (Å²) >= 11 is 0. The van der Waals surface area contributed by atoms with Crippen LogP contribution in [0.3, 0.4) is 0 Å². The number of piperidine rings is 1. The molecule has 1 aliphatic heterocycles. The van der Waals surface area contributed by atoms with Crippen molar-refractivity contribution < 1.29 is 5.11 Å². The van der Waals surface area contributed by atoms with Gasteiger partial charge in [0.25, 0.3) is 0 Å². The number of anilines is 1. The second-order valence-electron chi connectivity index (χ2n) is 6.55. The molecule has 1 aliphatic rings. The van der Waals surface area contributed by atoms with E-state index in [0.717, 1.165) is 13.0 Å². The molecule has 0 radical (unpaired) electrons. The maximum absolute atomic E-state index is 9.14. The summed E-state index contributed by atoms with van der Waals surface area (Å²) in [6.45, 7) is 10.5. The van der Waals surface area contributed by atoms with Gasteiger partial charge in [-0.2, -0.15) is 0 Å². The van der Waals surface area contributed by atoms with Crippen LogP contribution in [0.1, 0.15) is 44.2 Å². The van der Waals surface area contributed by atoms with Gasteiger partial charge in [0.2, 0.25) is 0 Å². The van der Waals surface area contributed by atoms with E-state index in [-0.39, 0.29) is 5.54 Å². The first kappa shape index (κ1) is 14.4. The van der Waals surface area contributed by atoms with E-state index in [1.54, 1.807) is 0 Å². The zero-order chi connectivity index (χ0) is 14.0. The van der Waals surface area contributed by atoms with Gasteiger partial charge in [-0.15, -0.1) is 0 Å². The van der Waals surface area contributed by atoms with Crippen molar-refractivity contribution in [3.8, 4) is 0 Å². The lowest BCUT2D eigenvalue weighted by atomic mass is 9.80. The van der Waals surface area contributed by atoms with Gasteiger partial charge in [-0.05, 0) is 70.1 Å². The molecule has 0 aromatic heterocycles. The van der Waals surface area contributed by atoms with Crippen LogP contribution in [-0.4, -0.2) is 23.8 Å². The van der Waals surface area contributed by atoms with Gasteiger partial charge >= 0.3 is 0 Å². The topological polar surface area (TPSA) is 23.5 Å². The number of hydrogen-bond acceptors (Lipinski definition) is 2. The predicted octanol–water partition coefficient (Wildman–Crippen LogP) is 3.68.